The Morgan fingerprint density at radius 1 is 1.15 bits per heavy atom. The van der Waals surface area contributed by atoms with E-state index in [9.17, 15) is 9.59 Å². The number of amides is 3. The Labute approximate surface area is 162 Å². The van der Waals surface area contributed by atoms with Gasteiger partial charge in [0, 0.05) is 36.6 Å². The van der Waals surface area contributed by atoms with Crippen LogP contribution in [0.4, 0.5) is 16.2 Å². The van der Waals surface area contributed by atoms with Gasteiger partial charge in [-0.05, 0) is 42.8 Å². The van der Waals surface area contributed by atoms with Crippen LogP contribution >= 0.6 is 11.6 Å². The van der Waals surface area contributed by atoms with Gasteiger partial charge in [0.2, 0.25) is 0 Å². The van der Waals surface area contributed by atoms with Gasteiger partial charge in [-0.15, -0.1) is 0 Å². The van der Waals surface area contributed by atoms with Crippen molar-refractivity contribution < 1.29 is 9.59 Å². The Balaban J connectivity index is 1.43. The van der Waals surface area contributed by atoms with Crippen molar-refractivity contribution in [3.05, 3.63) is 58.6 Å². The Hall–Kier alpha value is -2.73. The first-order valence-corrected chi connectivity index (χ1v) is 9.35. The molecule has 1 saturated heterocycles. The Bertz CT molecular complexity index is 907. The summed E-state index contributed by atoms with van der Waals surface area (Å²) in [6.45, 7) is 3.07. The summed E-state index contributed by atoms with van der Waals surface area (Å²) < 4.78 is 0. The smallest absolute Gasteiger partial charge is 0.321 e. The molecular formula is C20H21ClN4O2. The number of benzene rings is 2. The highest BCUT2D eigenvalue weighted by Gasteiger charge is 2.41. The third-order valence-corrected chi connectivity index (χ3v) is 5.36. The number of rotatable bonds is 1. The van der Waals surface area contributed by atoms with Crippen LogP contribution in [0.25, 0.3) is 0 Å². The summed E-state index contributed by atoms with van der Waals surface area (Å²) in [7, 11) is 0. The van der Waals surface area contributed by atoms with Crippen LogP contribution in [0.15, 0.2) is 42.5 Å². The molecule has 0 aromatic heterocycles. The van der Waals surface area contributed by atoms with Gasteiger partial charge in [0.05, 0.1) is 11.3 Å². The van der Waals surface area contributed by atoms with Crippen LogP contribution in [0.1, 0.15) is 28.8 Å². The Kier molecular flexibility index (Phi) is 4.44. The third kappa shape index (κ3) is 3.57. The van der Waals surface area contributed by atoms with E-state index < -0.39 is 5.66 Å². The van der Waals surface area contributed by atoms with Gasteiger partial charge in [0.25, 0.3) is 5.91 Å². The quantitative estimate of drug-likeness (QED) is 0.699. The number of hydrogen-bond donors (Lipinski definition) is 3. The van der Waals surface area contributed by atoms with Crippen molar-refractivity contribution in [3.63, 3.8) is 0 Å². The lowest BCUT2D eigenvalue weighted by molar-refractivity contribution is 0.0852. The summed E-state index contributed by atoms with van der Waals surface area (Å²) in [5.74, 6) is -0.113. The molecule has 2 aliphatic rings. The van der Waals surface area contributed by atoms with Gasteiger partial charge in [0.15, 0.2) is 0 Å². The number of carbonyl (C=O) groups excluding carboxylic acids is 2. The number of urea groups is 1. The molecule has 0 saturated carbocycles. The van der Waals surface area contributed by atoms with E-state index in [1.54, 1.807) is 23.1 Å². The highest BCUT2D eigenvalue weighted by molar-refractivity contribution is 6.31. The lowest BCUT2D eigenvalue weighted by Crippen LogP contribution is -2.63. The van der Waals surface area contributed by atoms with Crippen LogP contribution in [0.5, 0.6) is 0 Å². The fraction of sp³-hybridized carbons (Fsp3) is 0.300. The van der Waals surface area contributed by atoms with Gasteiger partial charge in [-0.1, -0.05) is 23.7 Å². The van der Waals surface area contributed by atoms with Crippen molar-refractivity contribution >= 4 is 34.9 Å². The highest BCUT2D eigenvalue weighted by Crippen LogP contribution is 2.33. The van der Waals surface area contributed by atoms with Crippen molar-refractivity contribution in [1.82, 2.24) is 10.2 Å². The van der Waals surface area contributed by atoms with E-state index in [-0.39, 0.29) is 11.9 Å². The fourth-order valence-corrected chi connectivity index (χ4v) is 3.83. The second-order valence-corrected chi connectivity index (χ2v) is 7.57. The molecule has 2 aromatic carbocycles. The Morgan fingerprint density at radius 3 is 2.67 bits per heavy atom. The first-order chi connectivity index (χ1) is 12.9. The molecule has 0 unspecified atom stereocenters. The molecule has 3 amide bonds. The van der Waals surface area contributed by atoms with Crippen LogP contribution < -0.4 is 16.0 Å². The fourth-order valence-electron chi connectivity index (χ4n) is 3.66. The minimum absolute atomic E-state index is 0.113. The SMILES string of the molecule is Cc1cccc(NC(=O)N2CCC3(CC2)NC(=O)c2ccc(Cl)cc2N3)c1. The van der Waals surface area contributed by atoms with Crippen molar-refractivity contribution in [3.8, 4) is 0 Å². The van der Waals surface area contributed by atoms with E-state index in [0.717, 1.165) is 16.9 Å². The molecule has 27 heavy (non-hydrogen) atoms. The predicted molar refractivity (Wildman–Crippen MR) is 106 cm³/mol. The number of anilines is 2. The van der Waals surface area contributed by atoms with Crippen LogP contribution in [-0.2, 0) is 0 Å². The molecule has 0 radical (unpaired) electrons. The average Bonchev–Trinajstić information content (AvgIpc) is 2.61. The number of likely N-dealkylation sites (tertiary alicyclic amines) is 1. The standard InChI is InChI=1S/C20H21ClN4O2/c1-13-3-2-4-15(11-13)22-19(27)25-9-7-20(8-10-25)23-17-12-14(21)5-6-16(17)18(26)24-20/h2-6,11-12,23H,7-10H2,1H3,(H,22,27)(H,24,26). The largest absolute Gasteiger partial charge is 0.362 e. The Morgan fingerprint density at radius 2 is 1.93 bits per heavy atom. The van der Waals surface area contributed by atoms with Crippen molar-refractivity contribution in [1.29, 1.82) is 0 Å². The molecule has 1 spiro atoms. The van der Waals surface area contributed by atoms with Crippen molar-refractivity contribution in [2.75, 3.05) is 23.7 Å². The van der Waals surface area contributed by atoms with E-state index in [2.05, 4.69) is 16.0 Å². The lowest BCUT2D eigenvalue weighted by Gasteiger charge is -2.45. The maximum Gasteiger partial charge on any atom is 0.321 e. The molecule has 4 rings (SSSR count). The van der Waals surface area contributed by atoms with Gasteiger partial charge in [-0.2, -0.15) is 0 Å². The van der Waals surface area contributed by atoms with Crippen LogP contribution in [0, 0.1) is 6.92 Å². The topological polar surface area (TPSA) is 73.5 Å². The van der Waals surface area contributed by atoms with Crippen LogP contribution in [0.2, 0.25) is 5.02 Å². The number of aryl methyl sites for hydroxylation is 1. The van der Waals surface area contributed by atoms with Gasteiger partial charge in [-0.25, -0.2) is 4.79 Å². The zero-order valence-electron chi connectivity index (χ0n) is 15.0. The van der Waals surface area contributed by atoms with E-state index in [1.165, 1.54) is 0 Å². The minimum Gasteiger partial charge on any atom is -0.362 e. The zero-order valence-corrected chi connectivity index (χ0v) is 15.8. The second kappa shape index (κ2) is 6.78. The highest BCUT2D eigenvalue weighted by atomic mass is 35.5. The molecule has 2 aliphatic heterocycles. The molecule has 1 fully saturated rings. The maximum atomic E-state index is 12.5. The van der Waals surface area contributed by atoms with E-state index in [4.69, 9.17) is 11.6 Å². The zero-order chi connectivity index (χ0) is 19.0. The monoisotopic (exact) mass is 384 g/mol. The van der Waals surface area contributed by atoms with Gasteiger partial charge < -0.3 is 20.9 Å². The summed E-state index contributed by atoms with van der Waals surface area (Å²) in [6.07, 6.45) is 1.23. The number of piperidine rings is 1. The van der Waals surface area contributed by atoms with Gasteiger partial charge in [0.1, 0.15) is 5.66 Å². The number of hydrogen-bond acceptors (Lipinski definition) is 3. The van der Waals surface area contributed by atoms with Gasteiger partial charge >= 0.3 is 6.03 Å². The second-order valence-electron chi connectivity index (χ2n) is 7.14. The van der Waals surface area contributed by atoms with Crippen LogP contribution in [0.3, 0.4) is 0 Å². The third-order valence-electron chi connectivity index (χ3n) is 5.13. The van der Waals surface area contributed by atoms with Crippen molar-refractivity contribution in [2.45, 2.75) is 25.4 Å². The summed E-state index contributed by atoms with van der Waals surface area (Å²) in [4.78, 5) is 26.8. The molecule has 3 N–H and O–H groups in total. The first-order valence-electron chi connectivity index (χ1n) is 8.97. The summed E-state index contributed by atoms with van der Waals surface area (Å²) in [5.41, 5.74) is 2.66. The molecule has 6 nitrogen and oxygen atoms in total. The molecule has 0 bridgehead atoms. The summed E-state index contributed by atoms with van der Waals surface area (Å²) in [5, 5.41) is 10.0. The van der Waals surface area contributed by atoms with E-state index in [1.807, 2.05) is 31.2 Å². The maximum absolute atomic E-state index is 12.5. The number of nitrogens with zero attached hydrogens (tertiary/aromatic N) is 1. The lowest BCUT2D eigenvalue weighted by atomic mass is 9.92. The number of carbonyl (C=O) groups is 2. The molecule has 2 aromatic rings. The molecule has 2 heterocycles. The average molecular weight is 385 g/mol. The number of fused-ring (bicyclic) bond motifs is 1. The van der Waals surface area contributed by atoms with Crippen LogP contribution in [-0.4, -0.2) is 35.6 Å². The number of nitrogens with one attached hydrogen (secondary N) is 3. The normalized spacial score (nSPS) is 17.7. The summed E-state index contributed by atoms with van der Waals surface area (Å²) >= 11 is 6.07. The molecular weight excluding hydrogens is 364 g/mol. The molecule has 140 valence electrons. The van der Waals surface area contributed by atoms with E-state index >= 15 is 0 Å². The summed E-state index contributed by atoms with van der Waals surface area (Å²) in [6, 6.07) is 12.8. The van der Waals surface area contributed by atoms with Gasteiger partial charge in [-0.3, -0.25) is 4.79 Å². The molecule has 0 aliphatic carbocycles. The predicted octanol–water partition coefficient (Wildman–Crippen LogP) is 3.83. The first kappa shape index (κ1) is 17.7. The molecule has 0 atom stereocenters. The van der Waals surface area contributed by atoms with Crippen molar-refractivity contribution in [2.24, 2.45) is 0 Å². The number of halogens is 1. The minimum atomic E-state index is -0.547. The molecule has 7 heteroatoms. The van der Waals surface area contributed by atoms with E-state index in [0.29, 0.717) is 36.5 Å².